The molecule has 1 saturated heterocycles. The predicted octanol–water partition coefficient (Wildman–Crippen LogP) is 7.21. The number of esters is 1. The van der Waals surface area contributed by atoms with Crippen LogP contribution in [0.5, 0.6) is 0 Å². The molecule has 2 aromatic rings. The highest BCUT2D eigenvalue weighted by molar-refractivity contribution is 7.19. The van der Waals surface area contributed by atoms with Crippen LogP contribution in [0.1, 0.15) is 81.7 Å². The first kappa shape index (κ1) is 24.9. The maximum absolute atomic E-state index is 11.5. The van der Waals surface area contributed by atoms with Crippen molar-refractivity contribution in [3.63, 3.8) is 0 Å². The fourth-order valence-electron chi connectivity index (χ4n) is 4.35. The Balaban J connectivity index is 1.79. The molecule has 0 spiro atoms. The second kappa shape index (κ2) is 11.4. The molecule has 4 nitrogen and oxygen atoms in total. The molecule has 2 heterocycles. The number of aryl methyl sites for hydroxylation is 2. The van der Waals surface area contributed by atoms with Crippen molar-refractivity contribution in [1.82, 2.24) is 0 Å². The number of carbonyl (C=O) groups is 1. The van der Waals surface area contributed by atoms with E-state index in [1.54, 1.807) is 0 Å². The lowest BCUT2D eigenvalue weighted by molar-refractivity contribution is -0.144. The van der Waals surface area contributed by atoms with E-state index < -0.39 is 5.79 Å². The van der Waals surface area contributed by atoms with Crippen LogP contribution >= 0.6 is 11.3 Å². The first-order valence-corrected chi connectivity index (χ1v) is 12.8. The van der Waals surface area contributed by atoms with Gasteiger partial charge in [0.2, 0.25) is 0 Å². The number of unbranched alkanes of at least 4 members (excludes halogenated alkanes) is 3. The molecule has 0 aliphatic carbocycles. The van der Waals surface area contributed by atoms with E-state index in [0.717, 1.165) is 19.3 Å². The van der Waals surface area contributed by atoms with Crippen molar-refractivity contribution in [2.24, 2.45) is 0 Å². The monoisotopic (exact) mass is 458 g/mol. The van der Waals surface area contributed by atoms with Gasteiger partial charge in [-0.15, -0.1) is 11.3 Å². The topological polar surface area (TPSA) is 44.8 Å². The SMILES string of the molecule is CCCCCCc1sc2cc(C)ccc2c1/C=C/C1OC(C)(C)OC1CCCC(=O)OC. The van der Waals surface area contributed by atoms with Crippen LogP contribution in [0, 0.1) is 6.92 Å². The summed E-state index contributed by atoms with van der Waals surface area (Å²) in [7, 11) is 1.43. The van der Waals surface area contributed by atoms with Crippen LogP contribution in [0.3, 0.4) is 0 Å². The Kier molecular flexibility index (Phi) is 8.92. The summed E-state index contributed by atoms with van der Waals surface area (Å²) in [5, 5.41) is 1.32. The number of methoxy groups -OCH3 is 1. The molecule has 1 aliphatic heterocycles. The third kappa shape index (κ3) is 6.66. The zero-order valence-corrected chi connectivity index (χ0v) is 21.1. The van der Waals surface area contributed by atoms with E-state index in [1.165, 1.54) is 58.9 Å². The van der Waals surface area contributed by atoms with Crippen LogP contribution in [0.2, 0.25) is 0 Å². The fourth-order valence-corrected chi connectivity index (χ4v) is 5.68. The van der Waals surface area contributed by atoms with Gasteiger partial charge in [0.05, 0.1) is 13.2 Å². The molecule has 1 fully saturated rings. The van der Waals surface area contributed by atoms with Crippen LogP contribution in [0.4, 0.5) is 0 Å². The highest BCUT2D eigenvalue weighted by Gasteiger charge is 2.39. The van der Waals surface area contributed by atoms with Gasteiger partial charge in [0, 0.05) is 16.0 Å². The number of hydrogen-bond donors (Lipinski definition) is 0. The lowest BCUT2D eigenvalue weighted by Gasteiger charge is -2.16. The third-order valence-corrected chi connectivity index (χ3v) is 7.22. The molecule has 176 valence electrons. The quantitative estimate of drug-likeness (QED) is 0.264. The summed E-state index contributed by atoms with van der Waals surface area (Å²) in [5.74, 6) is -0.801. The van der Waals surface area contributed by atoms with E-state index in [-0.39, 0.29) is 18.2 Å². The fraction of sp³-hybridized carbons (Fsp3) is 0.593. The van der Waals surface area contributed by atoms with Gasteiger partial charge in [0.25, 0.3) is 0 Å². The summed E-state index contributed by atoms with van der Waals surface area (Å²) in [6.45, 7) is 8.32. The van der Waals surface area contributed by atoms with Crippen LogP contribution in [0.25, 0.3) is 16.2 Å². The highest BCUT2D eigenvalue weighted by Crippen LogP contribution is 2.36. The summed E-state index contributed by atoms with van der Waals surface area (Å²) in [5.41, 5.74) is 2.62. The Morgan fingerprint density at radius 1 is 1.19 bits per heavy atom. The lowest BCUT2D eigenvalue weighted by atomic mass is 10.0. The van der Waals surface area contributed by atoms with Crippen LogP contribution < -0.4 is 0 Å². The van der Waals surface area contributed by atoms with Crippen LogP contribution in [0.15, 0.2) is 24.3 Å². The molecule has 0 amide bonds. The van der Waals surface area contributed by atoms with E-state index in [4.69, 9.17) is 14.2 Å². The van der Waals surface area contributed by atoms with Gasteiger partial charge in [0.15, 0.2) is 5.79 Å². The molecule has 5 heteroatoms. The van der Waals surface area contributed by atoms with Crippen LogP contribution in [-0.4, -0.2) is 31.1 Å². The van der Waals surface area contributed by atoms with Gasteiger partial charge >= 0.3 is 5.97 Å². The van der Waals surface area contributed by atoms with E-state index in [2.05, 4.69) is 44.2 Å². The second-order valence-electron chi connectivity index (χ2n) is 9.22. The Bertz CT molecular complexity index is 927. The molecule has 3 rings (SSSR count). The summed E-state index contributed by atoms with van der Waals surface area (Å²) in [4.78, 5) is 12.9. The molecule has 1 aromatic carbocycles. The minimum atomic E-state index is -0.623. The third-order valence-electron chi connectivity index (χ3n) is 5.99. The predicted molar refractivity (Wildman–Crippen MR) is 133 cm³/mol. The Labute approximate surface area is 196 Å². The number of thiophene rings is 1. The van der Waals surface area contributed by atoms with Gasteiger partial charge in [-0.05, 0) is 69.0 Å². The second-order valence-corrected chi connectivity index (χ2v) is 10.4. The minimum Gasteiger partial charge on any atom is -0.469 e. The number of benzene rings is 1. The Morgan fingerprint density at radius 2 is 2.00 bits per heavy atom. The molecule has 1 aliphatic rings. The number of rotatable bonds is 11. The van der Waals surface area contributed by atoms with E-state index in [9.17, 15) is 4.79 Å². The molecular formula is C27H38O4S. The van der Waals surface area contributed by atoms with Gasteiger partial charge in [-0.25, -0.2) is 0 Å². The van der Waals surface area contributed by atoms with Crippen molar-refractivity contribution < 1.29 is 19.0 Å². The molecule has 0 N–H and O–H groups in total. The zero-order valence-electron chi connectivity index (χ0n) is 20.2. The summed E-state index contributed by atoms with van der Waals surface area (Å²) >= 11 is 1.92. The van der Waals surface area contributed by atoms with E-state index >= 15 is 0 Å². The Hall–Kier alpha value is -1.69. The maximum atomic E-state index is 11.5. The normalized spacial score (nSPS) is 20.4. The smallest absolute Gasteiger partial charge is 0.305 e. The number of ether oxygens (including phenoxy) is 3. The first-order valence-electron chi connectivity index (χ1n) is 12.0. The van der Waals surface area contributed by atoms with E-state index in [0.29, 0.717) is 6.42 Å². The molecule has 32 heavy (non-hydrogen) atoms. The summed E-state index contributed by atoms with van der Waals surface area (Å²) < 4.78 is 18.5. The minimum absolute atomic E-state index is 0.0638. The van der Waals surface area contributed by atoms with Crippen molar-refractivity contribution in [3.8, 4) is 0 Å². The number of carbonyl (C=O) groups excluding carboxylic acids is 1. The molecule has 2 atom stereocenters. The average Bonchev–Trinajstić information content (AvgIpc) is 3.24. The van der Waals surface area contributed by atoms with Gasteiger partial charge in [-0.2, -0.15) is 0 Å². The van der Waals surface area contributed by atoms with Crippen molar-refractivity contribution in [2.75, 3.05) is 7.11 Å². The summed E-state index contributed by atoms with van der Waals surface area (Å²) in [6, 6.07) is 6.74. The van der Waals surface area contributed by atoms with Crippen LogP contribution in [-0.2, 0) is 25.4 Å². The molecule has 0 saturated carbocycles. The number of fused-ring (bicyclic) bond motifs is 1. The molecule has 2 unspecified atom stereocenters. The molecule has 1 aromatic heterocycles. The molecular weight excluding hydrogens is 420 g/mol. The molecule has 0 radical (unpaired) electrons. The zero-order chi connectivity index (χ0) is 23.1. The standard InChI is InChI=1S/C27H38O4S/c1-6-7-8-9-12-24-20(21-15-14-19(2)18-25(21)32-24)16-17-23-22(30-27(3,4)31-23)11-10-13-26(28)29-5/h14-18,22-23H,6-13H2,1-5H3/b17-16+. The Morgan fingerprint density at radius 3 is 2.75 bits per heavy atom. The summed E-state index contributed by atoms with van der Waals surface area (Å²) in [6.07, 6.45) is 12.3. The number of hydrogen-bond acceptors (Lipinski definition) is 5. The van der Waals surface area contributed by atoms with E-state index in [1.807, 2.05) is 25.2 Å². The van der Waals surface area contributed by atoms with Gasteiger partial charge < -0.3 is 14.2 Å². The van der Waals surface area contributed by atoms with Gasteiger partial charge in [0.1, 0.15) is 6.10 Å². The highest BCUT2D eigenvalue weighted by atomic mass is 32.1. The molecule has 0 bridgehead atoms. The van der Waals surface area contributed by atoms with Crippen molar-refractivity contribution in [3.05, 3.63) is 40.3 Å². The van der Waals surface area contributed by atoms with Gasteiger partial charge in [-0.3, -0.25) is 4.79 Å². The first-order chi connectivity index (χ1) is 15.3. The van der Waals surface area contributed by atoms with Crippen molar-refractivity contribution in [1.29, 1.82) is 0 Å². The van der Waals surface area contributed by atoms with Crippen molar-refractivity contribution in [2.45, 2.75) is 97.1 Å². The average molecular weight is 459 g/mol. The lowest BCUT2D eigenvalue weighted by Crippen LogP contribution is -2.21. The largest absolute Gasteiger partial charge is 0.469 e. The maximum Gasteiger partial charge on any atom is 0.305 e. The van der Waals surface area contributed by atoms with Gasteiger partial charge in [-0.1, -0.05) is 50.5 Å². The van der Waals surface area contributed by atoms with Crippen molar-refractivity contribution >= 4 is 33.5 Å².